The van der Waals surface area contributed by atoms with Crippen molar-refractivity contribution in [3.8, 4) is 0 Å². The van der Waals surface area contributed by atoms with Crippen molar-refractivity contribution in [3.63, 3.8) is 0 Å². The van der Waals surface area contributed by atoms with Gasteiger partial charge in [0.25, 0.3) is 0 Å². The molecule has 2 aromatic heterocycles. The van der Waals surface area contributed by atoms with Gasteiger partial charge in [-0.2, -0.15) is 0 Å². The Hall–Kier alpha value is -2.43. The molecule has 0 spiro atoms. The minimum absolute atomic E-state index is 0.0506. The van der Waals surface area contributed by atoms with Gasteiger partial charge in [-0.3, -0.25) is 9.97 Å². The van der Waals surface area contributed by atoms with Crippen LogP contribution in [0.3, 0.4) is 0 Å². The maximum atomic E-state index is 12.2. The molecule has 0 aliphatic heterocycles. The van der Waals surface area contributed by atoms with Crippen molar-refractivity contribution in [1.29, 1.82) is 0 Å². The van der Waals surface area contributed by atoms with E-state index >= 15 is 0 Å². The summed E-state index contributed by atoms with van der Waals surface area (Å²) in [6, 6.07) is 13.4. The van der Waals surface area contributed by atoms with Crippen molar-refractivity contribution in [2.24, 2.45) is 0 Å². The molecule has 0 atom stereocenters. The van der Waals surface area contributed by atoms with E-state index in [1.165, 1.54) is 17.6 Å². The number of aromatic nitrogens is 2. The quantitative estimate of drug-likeness (QED) is 0.699. The summed E-state index contributed by atoms with van der Waals surface area (Å²) < 4.78 is 36.3. The number of alkyl halides is 3. The molecule has 0 amide bonds. The summed E-state index contributed by atoms with van der Waals surface area (Å²) in [6.45, 7) is -2.32. The second-order valence-electron chi connectivity index (χ2n) is 4.55. The van der Waals surface area contributed by atoms with Crippen LogP contribution in [-0.2, 0) is 20.0 Å². The summed E-state index contributed by atoms with van der Waals surface area (Å²) in [5.41, 5.74) is 1.52. The number of hydrogen-bond acceptors (Lipinski definition) is 2. The predicted molar refractivity (Wildman–Crippen MR) is 80.4 cm³/mol. The van der Waals surface area contributed by atoms with Crippen LogP contribution in [0.4, 0.5) is 13.2 Å². The molecule has 0 bridgehead atoms. The van der Waals surface area contributed by atoms with Crippen LogP contribution in [0.1, 0.15) is 16.8 Å². The standard InChI is InChI=1S/C9H7N.C8H8F3N/c1-2-6-9-8(4-1)5-3-7-10-9;9-2-6-1-7(3-10)8(4-11)12-5-6/h1-7H;1,5H,2-4H2. The third kappa shape index (κ3) is 4.04. The van der Waals surface area contributed by atoms with Crippen LogP contribution in [0.2, 0.25) is 0 Å². The third-order valence-electron chi connectivity index (χ3n) is 3.05. The summed E-state index contributed by atoms with van der Waals surface area (Å²) in [6.07, 6.45) is 3.02. The molecule has 0 unspecified atom stereocenters. The van der Waals surface area contributed by atoms with Gasteiger partial charge in [-0.25, -0.2) is 13.2 Å². The fourth-order valence-corrected chi connectivity index (χ4v) is 1.91. The van der Waals surface area contributed by atoms with E-state index < -0.39 is 20.0 Å². The molecule has 0 aliphatic carbocycles. The largest absolute Gasteiger partial charge is 0.258 e. The molecule has 3 aromatic rings. The smallest absolute Gasteiger partial charge is 0.132 e. The van der Waals surface area contributed by atoms with E-state index in [1.807, 2.05) is 30.5 Å². The zero-order chi connectivity index (χ0) is 15.8. The van der Waals surface area contributed by atoms with Crippen molar-refractivity contribution in [2.45, 2.75) is 20.0 Å². The van der Waals surface area contributed by atoms with Gasteiger partial charge in [0, 0.05) is 28.9 Å². The molecule has 0 aliphatic rings. The normalized spacial score (nSPS) is 10.1. The van der Waals surface area contributed by atoms with E-state index in [0.717, 1.165) is 5.52 Å². The van der Waals surface area contributed by atoms with E-state index in [0.29, 0.717) is 0 Å². The Morgan fingerprint density at radius 1 is 0.818 bits per heavy atom. The molecule has 0 saturated heterocycles. The first-order chi connectivity index (χ1) is 10.8. The van der Waals surface area contributed by atoms with Gasteiger partial charge in [0.1, 0.15) is 20.0 Å². The van der Waals surface area contributed by atoms with Gasteiger partial charge in [0.05, 0.1) is 11.2 Å². The molecule has 0 radical (unpaired) electrons. The fraction of sp³-hybridized carbons (Fsp3) is 0.176. The Kier molecular flexibility index (Phi) is 5.89. The molecule has 0 saturated carbocycles. The lowest BCUT2D eigenvalue weighted by Gasteiger charge is -2.02. The number of hydrogen-bond donors (Lipinski definition) is 0. The highest BCUT2D eigenvalue weighted by Crippen LogP contribution is 2.12. The van der Waals surface area contributed by atoms with E-state index in [4.69, 9.17) is 0 Å². The van der Waals surface area contributed by atoms with Crippen molar-refractivity contribution in [1.82, 2.24) is 9.97 Å². The third-order valence-corrected chi connectivity index (χ3v) is 3.05. The Bertz CT molecular complexity index is 666. The van der Waals surface area contributed by atoms with Crippen LogP contribution in [0.5, 0.6) is 0 Å². The van der Waals surface area contributed by atoms with Crippen LogP contribution < -0.4 is 0 Å². The molecular formula is C17H15F3N2. The summed E-state index contributed by atoms with van der Waals surface area (Å²) in [4.78, 5) is 7.76. The van der Waals surface area contributed by atoms with Gasteiger partial charge in [-0.15, -0.1) is 0 Å². The second-order valence-corrected chi connectivity index (χ2v) is 4.55. The van der Waals surface area contributed by atoms with E-state index in [9.17, 15) is 13.2 Å². The first-order valence-electron chi connectivity index (χ1n) is 6.72. The summed E-state index contributed by atoms with van der Waals surface area (Å²) >= 11 is 0. The first-order valence-corrected chi connectivity index (χ1v) is 6.72. The zero-order valence-corrected chi connectivity index (χ0v) is 11.8. The molecule has 5 heteroatoms. The number of rotatable bonds is 3. The molecule has 0 fully saturated rings. The van der Waals surface area contributed by atoms with Crippen molar-refractivity contribution >= 4 is 10.9 Å². The van der Waals surface area contributed by atoms with Gasteiger partial charge in [0.2, 0.25) is 0 Å². The minimum atomic E-state index is -0.814. The summed E-state index contributed by atoms with van der Waals surface area (Å²) in [5, 5.41) is 1.20. The maximum absolute atomic E-state index is 12.2. The number of halogens is 3. The monoisotopic (exact) mass is 304 g/mol. The Morgan fingerprint density at radius 2 is 1.59 bits per heavy atom. The summed E-state index contributed by atoms with van der Waals surface area (Å²) in [5.74, 6) is 0. The topological polar surface area (TPSA) is 25.8 Å². The van der Waals surface area contributed by atoms with E-state index in [-0.39, 0.29) is 16.8 Å². The van der Waals surface area contributed by atoms with Gasteiger partial charge in [-0.05, 0) is 18.2 Å². The van der Waals surface area contributed by atoms with Gasteiger partial charge < -0.3 is 0 Å². The molecule has 3 rings (SSSR count). The van der Waals surface area contributed by atoms with Crippen molar-refractivity contribution in [3.05, 3.63) is 71.7 Å². The first kappa shape index (κ1) is 15.9. The SMILES string of the molecule is FCc1cnc(CF)c(CF)c1.c1ccc2ncccc2c1. The highest BCUT2D eigenvalue weighted by Gasteiger charge is 2.04. The minimum Gasteiger partial charge on any atom is -0.258 e. The van der Waals surface area contributed by atoms with Gasteiger partial charge in [0.15, 0.2) is 0 Å². The number of nitrogens with zero attached hydrogens (tertiary/aromatic N) is 2. The van der Waals surface area contributed by atoms with Crippen molar-refractivity contribution in [2.75, 3.05) is 0 Å². The van der Waals surface area contributed by atoms with E-state index in [2.05, 4.69) is 22.1 Å². The van der Waals surface area contributed by atoms with Crippen molar-refractivity contribution < 1.29 is 13.2 Å². The Labute approximate surface area is 126 Å². The van der Waals surface area contributed by atoms with Crippen LogP contribution >= 0.6 is 0 Å². The average Bonchev–Trinajstić information content (AvgIpc) is 2.61. The van der Waals surface area contributed by atoms with Gasteiger partial charge in [-0.1, -0.05) is 24.3 Å². The lowest BCUT2D eigenvalue weighted by Crippen LogP contribution is -1.95. The number of para-hydroxylation sites is 1. The fourth-order valence-electron chi connectivity index (χ4n) is 1.91. The van der Waals surface area contributed by atoms with E-state index in [1.54, 1.807) is 0 Å². The molecular weight excluding hydrogens is 289 g/mol. The summed E-state index contributed by atoms with van der Waals surface area (Å²) in [7, 11) is 0. The predicted octanol–water partition coefficient (Wildman–Crippen LogP) is 4.72. The highest BCUT2D eigenvalue weighted by molar-refractivity contribution is 5.77. The van der Waals surface area contributed by atoms with Gasteiger partial charge >= 0.3 is 0 Å². The van der Waals surface area contributed by atoms with Crippen LogP contribution in [0.25, 0.3) is 10.9 Å². The van der Waals surface area contributed by atoms with Crippen LogP contribution in [-0.4, -0.2) is 9.97 Å². The second kappa shape index (κ2) is 8.12. The molecule has 114 valence electrons. The lowest BCUT2D eigenvalue weighted by atomic mass is 10.1. The number of benzene rings is 1. The maximum Gasteiger partial charge on any atom is 0.132 e. The lowest BCUT2D eigenvalue weighted by molar-refractivity contribution is 0.442. The molecule has 2 nitrogen and oxygen atoms in total. The molecule has 2 heterocycles. The highest BCUT2D eigenvalue weighted by atomic mass is 19.1. The Morgan fingerprint density at radius 3 is 2.27 bits per heavy atom. The van der Waals surface area contributed by atoms with Crippen LogP contribution in [0, 0.1) is 0 Å². The number of pyridine rings is 2. The Balaban J connectivity index is 0.000000162. The van der Waals surface area contributed by atoms with Crippen LogP contribution in [0.15, 0.2) is 54.9 Å². The molecule has 0 N–H and O–H groups in total. The molecule has 1 aromatic carbocycles. The zero-order valence-electron chi connectivity index (χ0n) is 11.8. The number of fused-ring (bicyclic) bond motifs is 1. The molecule has 22 heavy (non-hydrogen) atoms. The average molecular weight is 304 g/mol.